The van der Waals surface area contributed by atoms with Gasteiger partial charge in [0.1, 0.15) is 0 Å². The Morgan fingerprint density at radius 3 is 1.22 bits per heavy atom. The van der Waals surface area contributed by atoms with Crippen molar-refractivity contribution in [3.63, 3.8) is 0 Å². The fourth-order valence-electron chi connectivity index (χ4n) is 14.1. The molecule has 0 amide bonds. The zero-order valence-electron chi connectivity index (χ0n) is 41.6. The van der Waals surface area contributed by atoms with Crippen LogP contribution in [0.15, 0.2) is 291 Å². The first-order valence-electron chi connectivity index (χ1n) is 26.5. The molecule has 16 rings (SSSR count). The molecule has 12 aromatic carbocycles. The van der Waals surface area contributed by atoms with Gasteiger partial charge in [0.25, 0.3) is 0 Å². The molecule has 76 heavy (non-hydrogen) atoms. The van der Waals surface area contributed by atoms with Gasteiger partial charge in [-0.25, -0.2) is 0 Å². The molecule has 1 spiro atoms. The molecule has 3 aliphatic carbocycles. The lowest BCUT2D eigenvalue weighted by atomic mass is 9.67. The average Bonchev–Trinajstić information content (AvgIpc) is 4.22. The normalized spacial score (nSPS) is 13.7. The molecule has 13 aromatic rings. The monoisotopic (exact) mass is 964 g/mol. The number of aromatic nitrogens is 1. The summed E-state index contributed by atoms with van der Waals surface area (Å²) < 4.78 is 2.44. The van der Waals surface area contributed by atoms with Gasteiger partial charge >= 0.3 is 0 Å². The molecule has 0 fully saturated rings. The number of benzene rings is 12. The van der Waals surface area contributed by atoms with E-state index in [2.05, 4.69) is 301 Å². The second-order valence-corrected chi connectivity index (χ2v) is 20.7. The van der Waals surface area contributed by atoms with Crippen molar-refractivity contribution in [3.05, 3.63) is 336 Å². The van der Waals surface area contributed by atoms with E-state index in [-0.39, 0.29) is 5.41 Å². The molecule has 354 valence electrons. The molecule has 1 aromatic heterocycles. The van der Waals surface area contributed by atoms with Crippen LogP contribution in [0.1, 0.15) is 44.5 Å². The Balaban J connectivity index is 0.844. The molecule has 2 heteroatoms. The number of para-hydroxylation sites is 2. The standard InChI is InChI=1S/C74H48N2/c1-4-20-51(21-5-1)73(65-31-15-10-26-57(65)58-27-11-16-32-66(58)73)52-39-45-72-64(47-52)63-46-50(38-44-71(63)76(72)54-24-8-3-9-25-54)49-36-40-55(41-37-49)75(53-22-6-2-7-23-53)56-42-43-70-62(48-56)61-30-14-19-35-69(61)74(70)67-33-17-12-28-59(67)60-29-13-18-34-68(60)74/h1-48H. The number of fused-ring (bicyclic) bond motifs is 16. The molecule has 0 saturated carbocycles. The minimum atomic E-state index is -0.501. The first kappa shape index (κ1) is 42.7. The first-order valence-corrected chi connectivity index (χ1v) is 26.5. The summed E-state index contributed by atoms with van der Waals surface area (Å²) in [4.78, 5) is 2.41. The fourth-order valence-corrected chi connectivity index (χ4v) is 14.1. The van der Waals surface area contributed by atoms with Crippen LogP contribution in [0.4, 0.5) is 17.1 Å². The van der Waals surface area contributed by atoms with Gasteiger partial charge in [0.05, 0.1) is 21.9 Å². The lowest BCUT2D eigenvalue weighted by molar-refractivity contribution is 0.770. The molecule has 0 N–H and O–H groups in total. The Hall–Kier alpha value is -9.76. The van der Waals surface area contributed by atoms with Crippen LogP contribution in [-0.4, -0.2) is 4.57 Å². The predicted octanol–water partition coefficient (Wildman–Crippen LogP) is 18.6. The highest BCUT2D eigenvalue weighted by Crippen LogP contribution is 2.63. The van der Waals surface area contributed by atoms with E-state index in [4.69, 9.17) is 0 Å². The van der Waals surface area contributed by atoms with Crippen molar-refractivity contribution in [2.75, 3.05) is 4.90 Å². The smallest absolute Gasteiger partial charge is 0.0725 e. The second-order valence-electron chi connectivity index (χ2n) is 20.7. The Bertz CT molecular complexity index is 4360. The summed E-state index contributed by atoms with van der Waals surface area (Å²) in [6.45, 7) is 0. The van der Waals surface area contributed by atoms with Gasteiger partial charge in [0, 0.05) is 33.5 Å². The summed E-state index contributed by atoms with van der Waals surface area (Å²) in [7, 11) is 0. The van der Waals surface area contributed by atoms with Crippen molar-refractivity contribution in [2.45, 2.75) is 10.8 Å². The zero-order valence-corrected chi connectivity index (χ0v) is 41.6. The quantitative estimate of drug-likeness (QED) is 0.155. The third-order valence-corrected chi connectivity index (χ3v) is 17.1. The van der Waals surface area contributed by atoms with Crippen molar-refractivity contribution in [1.82, 2.24) is 4.57 Å². The Morgan fingerprint density at radius 1 is 0.250 bits per heavy atom. The molecular formula is C74H48N2. The van der Waals surface area contributed by atoms with Gasteiger partial charge in [-0.3, -0.25) is 0 Å². The van der Waals surface area contributed by atoms with E-state index in [9.17, 15) is 0 Å². The van der Waals surface area contributed by atoms with Crippen molar-refractivity contribution >= 4 is 38.9 Å². The van der Waals surface area contributed by atoms with Gasteiger partial charge in [-0.1, -0.05) is 218 Å². The average molecular weight is 965 g/mol. The molecule has 0 radical (unpaired) electrons. The molecule has 0 saturated heterocycles. The van der Waals surface area contributed by atoms with E-state index in [1.165, 1.54) is 111 Å². The Labute approximate surface area is 442 Å². The van der Waals surface area contributed by atoms with Crippen LogP contribution in [0, 0.1) is 0 Å². The number of rotatable bonds is 7. The summed E-state index contributed by atoms with van der Waals surface area (Å²) >= 11 is 0. The lowest BCUT2D eigenvalue weighted by Crippen LogP contribution is -2.28. The predicted molar refractivity (Wildman–Crippen MR) is 315 cm³/mol. The van der Waals surface area contributed by atoms with E-state index in [1.54, 1.807) is 0 Å². The summed E-state index contributed by atoms with van der Waals surface area (Å²) in [5.41, 5.74) is 26.6. The van der Waals surface area contributed by atoms with Crippen LogP contribution < -0.4 is 4.90 Å². The lowest BCUT2D eigenvalue weighted by Gasteiger charge is -2.34. The van der Waals surface area contributed by atoms with E-state index in [0.29, 0.717) is 0 Å². The first-order chi connectivity index (χ1) is 37.7. The molecular weight excluding hydrogens is 917 g/mol. The van der Waals surface area contributed by atoms with E-state index < -0.39 is 5.41 Å². The summed E-state index contributed by atoms with van der Waals surface area (Å²) in [5.74, 6) is 0. The SMILES string of the molecule is c1ccc(N(c2ccc(-c3ccc4c(c3)c3cc(C5(c6ccccc6)c6ccccc6-c6ccccc65)ccc3n4-c3ccccc3)cc2)c2ccc3c(c2)-c2ccccc2C32c3ccccc3-c3ccccc32)cc1. The van der Waals surface area contributed by atoms with Gasteiger partial charge in [0.15, 0.2) is 0 Å². The molecule has 0 atom stereocenters. The van der Waals surface area contributed by atoms with Gasteiger partial charge in [0.2, 0.25) is 0 Å². The van der Waals surface area contributed by atoms with Crippen LogP contribution in [0.3, 0.4) is 0 Å². The minimum absolute atomic E-state index is 0.385. The third kappa shape index (κ3) is 5.81. The highest BCUT2D eigenvalue weighted by Gasteiger charge is 2.52. The topological polar surface area (TPSA) is 8.17 Å². The van der Waals surface area contributed by atoms with E-state index in [0.717, 1.165) is 22.7 Å². The molecule has 3 aliphatic rings. The second kappa shape index (κ2) is 16.4. The van der Waals surface area contributed by atoms with Crippen LogP contribution in [0.25, 0.3) is 72.0 Å². The van der Waals surface area contributed by atoms with Crippen molar-refractivity contribution in [1.29, 1.82) is 0 Å². The molecule has 2 nitrogen and oxygen atoms in total. The molecule has 0 bridgehead atoms. The van der Waals surface area contributed by atoms with Crippen molar-refractivity contribution in [2.24, 2.45) is 0 Å². The molecule has 0 aliphatic heterocycles. The highest BCUT2D eigenvalue weighted by atomic mass is 15.1. The van der Waals surface area contributed by atoms with E-state index in [1.807, 2.05) is 0 Å². The summed E-state index contributed by atoms with van der Waals surface area (Å²) in [6.07, 6.45) is 0. The van der Waals surface area contributed by atoms with Gasteiger partial charge in [-0.2, -0.15) is 0 Å². The van der Waals surface area contributed by atoms with Crippen LogP contribution in [-0.2, 0) is 10.8 Å². The maximum absolute atomic E-state index is 2.49. The van der Waals surface area contributed by atoms with Gasteiger partial charge in [-0.05, 0) is 162 Å². The number of nitrogens with zero attached hydrogens (tertiary/aromatic N) is 2. The Morgan fingerprint density at radius 2 is 0.658 bits per heavy atom. The van der Waals surface area contributed by atoms with Crippen LogP contribution >= 0.6 is 0 Å². The number of hydrogen-bond acceptors (Lipinski definition) is 1. The number of anilines is 3. The van der Waals surface area contributed by atoms with Crippen LogP contribution in [0.2, 0.25) is 0 Å². The van der Waals surface area contributed by atoms with Gasteiger partial charge < -0.3 is 9.47 Å². The third-order valence-electron chi connectivity index (χ3n) is 17.1. The van der Waals surface area contributed by atoms with Crippen LogP contribution in [0.5, 0.6) is 0 Å². The highest BCUT2D eigenvalue weighted by molar-refractivity contribution is 6.11. The maximum atomic E-state index is 2.49. The largest absolute Gasteiger partial charge is 0.310 e. The number of hydrogen-bond donors (Lipinski definition) is 0. The fraction of sp³-hybridized carbons (Fsp3) is 0.0270. The minimum Gasteiger partial charge on any atom is -0.310 e. The van der Waals surface area contributed by atoms with Gasteiger partial charge in [-0.15, -0.1) is 0 Å². The zero-order chi connectivity index (χ0) is 50.0. The molecule has 0 unspecified atom stereocenters. The van der Waals surface area contributed by atoms with E-state index >= 15 is 0 Å². The maximum Gasteiger partial charge on any atom is 0.0725 e. The molecule has 1 heterocycles. The summed E-state index contributed by atoms with van der Waals surface area (Å²) in [6, 6.07) is 109. The summed E-state index contributed by atoms with van der Waals surface area (Å²) in [5, 5.41) is 2.45. The Kier molecular flexibility index (Phi) is 9.20. The van der Waals surface area contributed by atoms with Crippen molar-refractivity contribution in [3.8, 4) is 50.2 Å². The van der Waals surface area contributed by atoms with Crippen molar-refractivity contribution < 1.29 is 0 Å².